The Kier molecular flexibility index (Phi) is 6.71. The highest BCUT2D eigenvalue weighted by Gasteiger charge is 2.16. The van der Waals surface area contributed by atoms with Gasteiger partial charge in [0, 0.05) is 24.2 Å². The molecule has 3 rings (SSSR count). The van der Waals surface area contributed by atoms with Crippen LogP contribution in [0.1, 0.15) is 37.7 Å². The Hall–Kier alpha value is -2.28. The summed E-state index contributed by atoms with van der Waals surface area (Å²) < 4.78 is 11.1. The summed E-state index contributed by atoms with van der Waals surface area (Å²) in [5.41, 5.74) is 1.05. The molecule has 1 amide bonds. The van der Waals surface area contributed by atoms with Gasteiger partial charge in [-0.15, -0.1) is 11.3 Å². The maximum atomic E-state index is 12.1. The molecule has 140 valence electrons. The Labute approximate surface area is 157 Å². The summed E-state index contributed by atoms with van der Waals surface area (Å²) in [4.78, 5) is 16.3. The number of anilines is 1. The molecule has 1 aliphatic carbocycles. The van der Waals surface area contributed by atoms with Crippen molar-refractivity contribution < 1.29 is 14.3 Å². The number of benzene rings is 1. The van der Waals surface area contributed by atoms with E-state index in [9.17, 15) is 4.79 Å². The number of rotatable bonds is 8. The minimum atomic E-state index is -0.0755. The van der Waals surface area contributed by atoms with Gasteiger partial charge >= 0.3 is 0 Å². The third kappa shape index (κ3) is 5.36. The summed E-state index contributed by atoms with van der Waals surface area (Å²) in [5, 5.41) is 9.11. The number of methoxy groups -OCH3 is 1. The van der Waals surface area contributed by atoms with E-state index in [0.717, 1.165) is 23.5 Å². The highest BCUT2D eigenvalue weighted by molar-refractivity contribution is 7.13. The second kappa shape index (κ2) is 9.43. The number of nitrogens with zero attached hydrogens (tertiary/aromatic N) is 1. The van der Waals surface area contributed by atoms with Crippen molar-refractivity contribution >= 4 is 22.4 Å². The molecule has 2 aromatic rings. The van der Waals surface area contributed by atoms with Crippen LogP contribution < -0.4 is 20.1 Å². The van der Waals surface area contributed by atoms with E-state index in [0.29, 0.717) is 24.1 Å². The lowest BCUT2D eigenvalue weighted by Gasteiger charge is -2.22. The van der Waals surface area contributed by atoms with Crippen LogP contribution in [0.5, 0.6) is 11.5 Å². The summed E-state index contributed by atoms with van der Waals surface area (Å²) in [7, 11) is 1.60. The lowest BCUT2D eigenvalue weighted by atomic mass is 9.95. The Bertz CT molecular complexity index is 700. The molecule has 0 spiro atoms. The molecule has 1 aromatic carbocycles. The molecule has 7 heteroatoms. The Morgan fingerprint density at radius 2 is 2.12 bits per heavy atom. The third-order valence-corrected chi connectivity index (χ3v) is 5.16. The van der Waals surface area contributed by atoms with Crippen LogP contribution in [0.25, 0.3) is 0 Å². The molecule has 0 saturated heterocycles. The summed E-state index contributed by atoms with van der Waals surface area (Å²) in [6.45, 7) is 0.649. The highest BCUT2D eigenvalue weighted by Crippen LogP contribution is 2.28. The van der Waals surface area contributed by atoms with Crippen molar-refractivity contribution in [3.63, 3.8) is 0 Å². The quantitative estimate of drug-likeness (QED) is 0.738. The number of hydrogen-bond acceptors (Lipinski definition) is 6. The van der Waals surface area contributed by atoms with Gasteiger partial charge in [-0.3, -0.25) is 4.79 Å². The van der Waals surface area contributed by atoms with Crippen LogP contribution in [-0.4, -0.2) is 30.6 Å². The summed E-state index contributed by atoms with van der Waals surface area (Å²) in [6, 6.07) is 6.00. The summed E-state index contributed by atoms with van der Waals surface area (Å²) in [6.07, 6.45) is 7.55. The summed E-state index contributed by atoms with van der Waals surface area (Å²) in [5.74, 6) is 1.12. The van der Waals surface area contributed by atoms with Crippen LogP contribution in [0.4, 0.5) is 5.13 Å². The molecule has 6 nitrogen and oxygen atoms in total. The fraction of sp³-hybridized carbons (Fsp3) is 0.474. The topological polar surface area (TPSA) is 72.5 Å². The van der Waals surface area contributed by atoms with Gasteiger partial charge in [-0.05, 0) is 30.5 Å². The Morgan fingerprint density at radius 3 is 2.85 bits per heavy atom. The number of hydrogen-bond donors (Lipinski definition) is 2. The zero-order valence-corrected chi connectivity index (χ0v) is 15.8. The molecule has 1 aromatic heterocycles. The molecular formula is C19H25N3O3S. The van der Waals surface area contributed by atoms with Crippen molar-refractivity contribution in [3.05, 3.63) is 35.3 Å². The Balaban J connectivity index is 1.51. The minimum Gasteiger partial charge on any atom is -0.493 e. The first kappa shape index (κ1) is 18.5. The lowest BCUT2D eigenvalue weighted by molar-refractivity contribution is -0.124. The maximum Gasteiger partial charge on any atom is 0.258 e. The molecule has 0 radical (unpaired) electrons. The molecule has 1 fully saturated rings. The molecule has 0 atom stereocenters. The Morgan fingerprint density at radius 1 is 1.27 bits per heavy atom. The van der Waals surface area contributed by atoms with Crippen molar-refractivity contribution in [1.82, 2.24) is 10.3 Å². The van der Waals surface area contributed by atoms with Crippen LogP contribution in [0.3, 0.4) is 0 Å². The fourth-order valence-electron chi connectivity index (χ4n) is 3.09. The number of nitrogens with one attached hydrogen (secondary N) is 2. The molecule has 1 heterocycles. The maximum absolute atomic E-state index is 12.1. The van der Waals surface area contributed by atoms with Crippen molar-refractivity contribution in [1.29, 1.82) is 0 Å². The normalized spacial score (nSPS) is 14.7. The fourth-order valence-corrected chi connectivity index (χ4v) is 3.62. The van der Waals surface area contributed by atoms with E-state index in [4.69, 9.17) is 9.47 Å². The van der Waals surface area contributed by atoms with Crippen LogP contribution in [0.2, 0.25) is 0 Å². The number of amides is 1. The first-order valence-corrected chi connectivity index (χ1v) is 9.85. The van der Waals surface area contributed by atoms with Gasteiger partial charge in [0.05, 0.1) is 7.11 Å². The predicted molar refractivity (Wildman–Crippen MR) is 103 cm³/mol. The van der Waals surface area contributed by atoms with Crippen LogP contribution in [0.15, 0.2) is 29.8 Å². The van der Waals surface area contributed by atoms with Gasteiger partial charge in [0.1, 0.15) is 0 Å². The first-order valence-electron chi connectivity index (χ1n) is 8.97. The minimum absolute atomic E-state index is 0.00354. The van der Waals surface area contributed by atoms with Crippen molar-refractivity contribution in [2.75, 3.05) is 19.0 Å². The zero-order valence-electron chi connectivity index (χ0n) is 15.0. The average Bonchev–Trinajstić information content (AvgIpc) is 3.19. The van der Waals surface area contributed by atoms with Crippen molar-refractivity contribution in [2.24, 2.45) is 0 Å². The second-order valence-corrected chi connectivity index (χ2v) is 7.26. The third-order valence-electron chi connectivity index (χ3n) is 4.43. The monoisotopic (exact) mass is 375 g/mol. The van der Waals surface area contributed by atoms with E-state index in [-0.39, 0.29) is 12.5 Å². The molecule has 2 N–H and O–H groups in total. The number of aromatic nitrogens is 1. The zero-order chi connectivity index (χ0) is 18.2. The SMILES string of the molecule is COc1cc(CNc2nccs2)ccc1OCC(=O)NC1CCCCC1. The second-order valence-electron chi connectivity index (χ2n) is 6.37. The van der Waals surface area contributed by atoms with Crippen LogP contribution in [0, 0.1) is 0 Å². The average molecular weight is 375 g/mol. The lowest BCUT2D eigenvalue weighted by Crippen LogP contribution is -2.39. The number of ether oxygens (including phenoxy) is 2. The van der Waals surface area contributed by atoms with Gasteiger partial charge in [0.15, 0.2) is 23.2 Å². The van der Waals surface area contributed by atoms with Crippen molar-refractivity contribution in [3.8, 4) is 11.5 Å². The smallest absolute Gasteiger partial charge is 0.258 e. The van der Waals surface area contributed by atoms with Gasteiger partial charge in [-0.1, -0.05) is 25.3 Å². The van der Waals surface area contributed by atoms with E-state index >= 15 is 0 Å². The first-order chi connectivity index (χ1) is 12.7. The van der Waals surface area contributed by atoms with Gasteiger partial charge in [0.2, 0.25) is 0 Å². The number of carbonyl (C=O) groups is 1. The molecule has 0 unspecified atom stereocenters. The van der Waals surface area contributed by atoms with Crippen molar-refractivity contribution in [2.45, 2.75) is 44.7 Å². The molecule has 0 aliphatic heterocycles. The molecule has 1 aliphatic rings. The van der Waals surface area contributed by atoms with Crippen LogP contribution >= 0.6 is 11.3 Å². The van der Waals surface area contributed by atoms with E-state index in [1.165, 1.54) is 19.3 Å². The summed E-state index contributed by atoms with van der Waals surface area (Å²) >= 11 is 1.56. The molecule has 1 saturated carbocycles. The van der Waals surface area contributed by atoms with E-state index in [1.807, 2.05) is 23.6 Å². The van der Waals surface area contributed by atoms with Gasteiger partial charge in [-0.25, -0.2) is 4.98 Å². The molecule has 0 bridgehead atoms. The highest BCUT2D eigenvalue weighted by atomic mass is 32.1. The largest absolute Gasteiger partial charge is 0.493 e. The van der Waals surface area contributed by atoms with E-state index in [2.05, 4.69) is 15.6 Å². The van der Waals surface area contributed by atoms with Gasteiger partial charge < -0.3 is 20.1 Å². The van der Waals surface area contributed by atoms with E-state index in [1.54, 1.807) is 24.6 Å². The number of thiazole rings is 1. The molecule has 26 heavy (non-hydrogen) atoms. The van der Waals surface area contributed by atoms with Gasteiger partial charge in [0.25, 0.3) is 5.91 Å². The standard InChI is InChI=1S/C19H25N3O3S/c1-24-17-11-14(12-21-19-20-9-10-26-19)7-8-16(17)25-13-18(23)22-15-5-3-2-4-6-15/h7-11,15H,2-6,12-13H2,1H3,(H,20,21)(H,22,23). The molecular weight excluding hydrogens is 350 g/mol. The van der Waals surface area contributed by atoms with Gasteiger partial charge in [-0.2, -0.15) is 0 Å². The number of carbonyl (C=O) groups excluding carboxylic acids is 1. The van der Waals surface area contributed by atoms with E-state index < -0.39 is 0 Å². The predicted octanol–water partition coefficient (Wildman–Crippen LogP) is 3.59. The van der Waals surface area contributed by atoms with Crippen LogP contribution in [-0.2, 0) is 11.3 Å².